The van der Waals surface area contributed by atoms with Crippen molar-refractivity contribution in [1.29, 1.82) is 0 Å². The number of carbonyl (C=O) groups excluding carboxylic acids is 1. The molecule has 0 aliphatic carbocycles. The van der Waals surface area contributed by atoms with Crippen molar-refractivity contribution in [2.45, 2.75) is 20.3 Å². The van der Waals surface area contributed by atoms with E-state index in [4.69, 9.17) is 0 Å². The molecule has 0 fully saturated rings. The van der Waals surface area contributed by atoms with Crippen LogP contribution in [0.3, 0.4) is 0 Å². The van der Waals surface area contributed by atoms with Crippen LogP contribution in [0.2, 0.25) is 0 Å². The van der Waals surface area contributed by atoms with Gasteiger partial charge >= 0.3 is 5.97 Å². The maximum atomic E-state index is 14.0. The van der Waals surface area contributed by atoms with Crippen molar-refractivity contribution in [2.24, 2.45) is 0 Å². The van der Waals surface area contributed by atoms with E-state index in [9.17, 15) is 14.0 Å². The molecule has 1 aromatic heterocycles. The number of benzene rings is 1. The number of hydrogen-bond acceptors (Lipinski definition) is 4. The van der Waals surface area contributed by atoms with Gasteiger partial charge in [0.25, 0.3) is 0 Å². The SMILES string of the molecule is CCc1cn(-c2cc(C)ccc2F)nc(C(=O)OC)c1=O. The largest absolute Gasteiger partial charge is 0.464 e. The van der Waals surface area contributed by atoms with Crippen molar-refractivity contribution >= 4 is 5.97 Å². The molecule has 21 heavy (non-hydrogen) atoms. The summed E-state index contributed by atoms with van der Waals surface area (Å²) in [5, 5.41) is 3.91. The molecule has 110 valence electrons. The van der Waals surface area contributed by atoms with Crippen LogP contribution in [0.15, 0.2) is 29.2 Å². The first-order valence-electron chi connectivity index (χ1n) is 6.45. The molecule has 0 radical (unpaired) electrons. The molecule has 2 aromatic rings. The molecular weight excluding hydrogens is 275 g/mol. The van der Waals surface area contributed by atoms with Gasteiger partial charge in [0.05, 0.1) is 7.11 Å². The van der Waals surface area contributed by atoms with E-state index in [1.165, 1.54) is 24.1 Å². The van der Waals surface area contributed by atoms with Crippen molar-refractivity contribution in [2.75, 3.05) is 7.11 Å². The summed E-state index contributed by atoms with van der Waals surface area (Å²) in [6.07, 6.45) is 1.84. The van der Waals surface area contributed by atoms with Crippen molar-refractivity contribution in [3.63, 3.8) is 0 Å². The summed E-state index contributed by atoms with van der Waals surface area (Å²) in [7, 11) is 1.17. The highest BCUT2D eigenvalue weighted by atomic mass is 19.1. The first kappa shape index (κ1) is 14.9. The summed E-state index contributed by atoms with van der Waals surface area (Å²) in [5.41, 5.74) is 0.539. The molecule has 2 rings (SSSR count). The lowest BCUT2D eigenvalue weighted by Crippen LogP contribution is -2.25. The van der Waals surface area contributed by atoms with E-state index in [2.05, 4.69) is 9.84 Å². The van der Waals surface area contributed by atoms with Gasteiger partial charge in [-0.2, -0.15) is 5.10 Å². The Bertz CT molecular complexity index is 753. The highest BCUT2D eigenvalue weighted by Gasteiger charge is 2.18. The Kier molecular flexibility index (Phi) is 4.16. The molecule has 0 aliphatic rings. The number of ether oxygens (including phenoxy) is 1. The molecule has 1 aromatic carbocycles. The molecule has 0 unspecified atom stereocenters. The van der Waals surface area contributed by atoms with Crippen molar-refractivity contribution < 1.29 is 13.9 Å². The van der Waals surface area contributed by atoms with Gasteiger partial charge in [0.1, 0.15) is 11.5 Å². The summed E-state index contributed by atoms with van der Waals surface area (Å²) < 4.78 is 19.7. The number of esters is 1. The standard InChI is InChI=1S/C15H15FN2O3/c1-4-10-8-18(12-7-9(2)5-6-11(12)16)17-13(14(10)19)15(20)21-3/h5-8H,4H2,1-3H3. The molecule has 0 saturated carbocycles. The van der Waals surface area contributed by atoms with E-state index in [0.29, 0.717) is 12.0 Å². The zero-order valence-corrected chi connectivity index (χ0v) is 12.0. The van der Waals surface area contributed by atoms with E-state index < -0.39 is 17.2 Å². The van der Waals surface area contributed by atoms with Crippen LogP contribution in [0.5, 0.6) is 0 Å². The minimum absolute atomic E-state index is 0.176. The van der Waals surface area contributed by atoms with Gasteiger partial charge in [-0.3, -0.25) is 4.79 Å². The van der Waals surface area contributed by atoms with E-state index in [-0.39, 0.29) is 11.4 Å². The highest BCUT2D eigenvalue weighted by molar-refractivity contribution is 5.87. The Morgan fingerprint density at radius 3 is 2.76 bits per heavy atom. The van der Waals surface area contributed by atoms with Gasteiger partial charge in [-0.05, 0) is 31.0 Å². The third kappa shape index (κ3) is 2.84. The van der Waals surface area contributed by atoms with Crippen LogP contribution in [0, 0.1) is 12.7 Å². The summed E-state index contributed by atoms with van der Waals surface area (Å²) in [4.78, 5) is 23.7. The lowest BCUT2D eigenvalue weighted by molar-refractivity contribution is 0.0590. The summed E-state index contributed by atoms with van der Waals surface area (Å²) in [6.45, 7) is 3.59. The molecule has 0 amide bonds. The predicted octanol–water partition coefficient (Wildman–Crippen LogP) is 2.03. The molecule has 0 saturated heterocycles. The van der Waals surface area contributed by atoms with Crippen LogP contribution in [-0.2, 0) is 11.2 Å². The summed E-state index contributed by atoms with van der Waals surface area (Å²) in [5.74, 6) is -1.33. The lowest BCUT2D eigenvalue weighted by Gasteiger charge is -2.10. The Hall–Kier alpha value is -2.50. The second-order valence-corrected chi connectivity index (χ2v) is 4.58. The van der Waals surface area contributed by atoms with Crippen molar-refractivity contribution in [1.82, 2.24) is 9.78 Å². The number of aromatic nitrogens is 2. The fourth-order valence-corrected chi connectivity index (χ4v) is 1.94. The fraction of sp³-hybridized carbons (Fsp3) is 0.267. The van der Waals surface area contributed by atoms with E-state index >= 15 is 0 Å². The number of aryl methyl sites for hydroxylation is 2. The van der Waals surface area contributed by atoms with Gasteiger partial charge in [-0.25, -0.2) is 13.9 Å². The van der Waals surface area contributed by atoms with Gasteiger partial charge < -0.3 is 4.74 Å². The third-order valence-corrected chi connectivity index (χ3v) is 3.10. The molecule has 0 aliphatic heterocycles. The number of rotatable bonds is 3. The maximum Gasteiger partial charge on any atom is 0.362 e. The first-order valence-corrected chi connectivity index (χ1v) is 6.45. The maximum absolute atomic E-state index is 14.0. The smallest absolute Gasteiger partial charge is 0.362 e. The number of halogens is 1. The zero-order chi connectivity index (χ0) is 15.6. The topological polar surface area (TPSA) is 61.2 Å². The number of carbonyl (C=O) groups is 1. The molecular formula is C15H15FN2O3. The minimum Gasteiger partial charge on any atom is -0.464 e. The van der Waals surface area contributed by atoms with Gasteiger partial charge in [0.15, 0.2) is 0 Å². The van der Waals surface area contributed by atoms with Gasteiger partial charge in [0.2, 0.25) is 11.1 Å². The summed E-state index contributed by atoms with van der Waals surface area (Å²) >= 11 is 0. The quantitative estimate of drug-likeness (QED) is 0.811. The van der Waals surface area contributed by atoms with Gasteiger partial charge in [0, 0.05) is 11.8 Å². The Morgan fingerprint density at radius 1 is 1.43 bits per heavy atom. The van der Waals surface area contributed by atoms with E-state index in [0.717, 1.165) is 5.56 Å². The van der Waals surface area contributed by atoms with E-state index in [1.54, 1.807) is 19.1 Å². The Balaban J connectivity index is 2.72. The second-order valence-electron chi connectivity index (χ2n) is 4.58. The molecule has 1 heterocycles. The number of hydrogen-bond donors (Lipinski definition) is 0. The summed E-state index contributed by atoms with van der Waals surface area (Å²) in [6, 6.07) is 4.53. The van der Waals surface area contributed by atoms with Crippen LogP contribution >= 0.6 is 0 Å². The average Bonchev–Trinajstić information content (AvgIpc) is 2.49. The van der Waals surface area contributed by atoms with Gasteiger partial charge in [-0.15, -0.1) is 0 Å². The van der Waals surface area contributed by atoms with Crippen LogP contribution in [-0.4, -0.2) is 22.9 Å². The van der Waals surface area contributed by atoms with Crippen LogP contribution < -0.4 is 5.43 Å². The number of methoxy groups -OCH3 is 1. The molecule has 5 nitrogen and oxygen atoms in total. The second kappa shape index (κ2) is 5.87. The van der Waals surface area contributed by atoms with Crippen LogP contribution in [0.4, 0.5) is 4.39 Å². The number of nitrogens with zero attached hydrogens (tertiary/aromatic N) is 2. The molecule has 6 heteroatoms. The molecule has 0 N–H and O–H groups in total. The Labute approximate surface area is 121 Å². The zero-order valence-electron chi connectivity index (χ0n) is 12.0. The van der Waals surface area contributed by atoms with Crippen LogP contribution in [0.1, 0.15) is 28.5 Å². The molecule has 0 bridgehead atoms. The Morgan fingerprint density at radius 2 is 2.14 bits per heavy atom. The van der Waals surface area contributed by atoms with Crippen LogP contribution in [0.25, 0.3) is 5.69 Å². The average molecular weight is 290 g/mol. The van der Waals surface area contributed by atoms with Crippen molar-refractivity contribution in [3.8, 4) is 5.69 Å². The third-order valence-electron chi connectivity index (χ3n) is 3.10. The minimum atomic E-state index is -0.836. The lowest BCUT2D eigenvalue weighted by atomic mass is 10.2. The normalized spacial score (nSPS) is 10.5. The molecule has 0 atom stereocenters. The predicted molar refractivity (Wildman–Crippen MR) is 75.2 cm³/mol. The first-order chi connectivity index (χ1) is 9.97. The van der Waals surface area contributed by atoms with E-state index in [1.807, 2.05) is 6.92 Å². The van der Waals surface area contributed by atoms with Gasteiger partial charge in [-0.1, -0.05) is 13.0 Å². The highest BCUT2D eigenvalue weighted by Crippen LogP contribution is 2.14. The van der Waals surface area contributed by atoms with Crippen molar-refractivity contribution in [3.05, 3.63) is 57.3 Å². The monoisotopic (exact) mass is 290 g/mol. The molecule has 0 spiro atoms. The fourth-order valence-electron chi connectivity index (χ4n) is 1.94.